The van der Waals surface area contributed by atoms with Crippen molar-refractivity contribution in [3.63, 3.8) is 0 Å². The molecule has 492 valence electrons. The van der Waals surface area contributed by atoms with E-state index in [1.54, 1.807) is 0 Å². The number of aliphatic hydroxyl groups is 16. The largest absolute Gasteiger partial charge is 0.394 e. The zero-order valence-electron chi connectivity index (χ0n) is 45.6. The molecule has 38 nitrogen and oxygen atoms in total. The number of nitrogens with zero attached hydrogens (tertiary/aromatic N) is 2. The Kier molecular flexibility index (Phi) is 22.0. The third-order valence-corrected chi connectivity index (χ3v) is 15.9. The van der Waals surface area contributed by atoms with Crippen molar-refractivity contribution in [1.82, 2.24) is 10.6 Å². The maximum Gasteiger partial charge on any atom is 0.269 e. The number of carbonyl (C=O) groups excluding carboxylic acids is 2. The van der Waals surface area contributed by atoms with Gasteiger partial charge in [0.15, 0.2) is 37.7 Å². The summed E-state index contributed by atoms with van der Waals surface area (Å²) in [5.41, 5.74) is -1.10. The molecule has 22 aliphatic heterocycles. The van der Waals surface area contributed by atoms with Crippen molar-refractivity contribution in [2.45, 2.75) is 184 Å². The molecular weight excluding hydrogens is 1200 g/mol. The second-order valence-corrected chi connectivity index (χ2v) is 21.5. The number of benzene rings is 2. The zero-order chi connectivity index (χ0) is 63.7. The quantitative estimate of drug-likeness (QED) is 0.0693. The molecule has 18 N–H and O–H groups in total. The lowest BCUT2D eigenvalue weighted by Gasteiger charge is -2.51. The summed E-state index contributed by atoms with van der Waals surface area (Å²) in [5.74, 6) is -1.87. The first-order valence-corrected chi connectivity index (χ1v) is 27.4. The van der Waals surface area contributed by atoms with E-state index in [2.05, 4.69) is 10.6 Å². The van der Waals surface area contributed by atoms with Gasteiger partial charge in [-0.05, 0) is 24.3 Å². The first kappa shape index (κ1) is 67.5. The maximum absolute atomic E-state index is 13.5. The van der Waals surface area contributed by atoms with Crippen LogP contribution in [0.4, 0.5) is 11.4 Å². The molecule has 0 spiro atoms. The molecule has 22 aliphatic rings. The maximum atomic E-state index is 13.5. The Balaban J connectivity index is 1.06. The molecule has 12 bridgehead atoms. The number of carbonyl (C=O) groups is 2. The highest BCUT2D eigenvalue weighted by Gasteiger charge is 2.59. The predicted octanol–water partition coefficient (Wildman–Crippen LogP) is -10.4. The van der Waals surface area contributed by atoms with Gasteiger partial charge in [-0.3, -0.25) is 29.8 Å². The molecule has 0 saturated carbocycles. The van der Waals surface area contributed by atoms with Gasteiger partial charge in [-0.15, -0.1) is 0 Å². The molecule has 0 radical (unpaired) electrons. The fourth-order valence-corrected chi connectivity index (χ4v) is 11.0. The molecular formula is C50H68N4O34. The third kappa shape index (κ3) is 13.9. The number of hydrogen-bond acceptors (Lipinski definition) is 34. The first-order chi connectivity index (χ1) is 41.9. The van der Waals surface area contributed by atoms with Gasteiger partial charge >= 0.3 is 0 Å². The van der Waals surface area contributed by atoms with E-state index in [0.717, 1.165) is 48.5 Å². The summed E-state index contributed by atoms with van der Waals surface area (Å²) in [6.45, 7) is -5.88. The molecule has 22 fully saturated rings. The first-order valence-electron chi connectivity index (χ1n) is 27.4. The van der Waals surface area contributed by atoms with Crippen LogP contribution in [0.5, 0.6) is 0 Å². The van der Waals surface area contributed by atoms with Gasteiger partial charge in [0.2, 0.25) is 0 Å². The Labute approximate surface area is 494 Å². The lowest BCUT2D eigenvalue weighted by molar-refractivity contribution is -0.402. The van der Waals surface area contributed by atoms with Gasteiger partial charge in [-0.2, -0.15) is 0 Å². The number of aliphatic hydroxyl groups excluding tert-OH is 16. The van der Waals surface area contributed by atoms with Gasteiger partial charge in [0.25, 0.3) is 23.2 Å². The van der Waals surface area contributed by atoms with Gasteiger partial charge in [0.05, 0.1) is 36.3 Å². The highest BCUT2D eigenvalue weighted by molar-refractivity contribution is 5.95. The summed E-state index contributed by atoms with van der Waals surface area (Å²) in [5, 5.41) is 209. The Bertz CT molecular complexity index is 2590. The normalized spacial score (nSPS) is 44.1. The summed E-state index contributed by atoms with van der Waals surface area (Å²) >= 11 is 0. The van der Waals surface area contributed by atoms with Gasteiger partial charge in [-0.1, -0.05) is 0 Å². The summed E-state index contributed by atoms with van der Waals surface area (Å²) in [4.78, 5) is 48.2. The monoisotopic (exact) mass is 1270 g/mol. The van der Waals surface area contributed by atoms with E-state index in [9.17, 15) is 112 Å². The lowest BCUT2D eigenvalue weighted by Crippen LogP contribution is -2.69. The van der Waals surface area contributed by atoms with Crippen LogP contribution in [0, 0.1) is 20.2 Å². The van der Waals surface area contributed by atoms with E-state index < -0.39 is 245 Å². The van der Waals surface area contributed by atoms with Crippen molar-refractivity contribution in [3.8, 4) is 0 Å². The Morgan fingerprint density at radius 2 is 0.523 bits per heavy atom. The third-order valence-electron chi connectivity index (χ3n) is 15.9. The Morgan fingerprint density at radius 3 is 0.716 bits per heavy atom. The summed E-state index contributed by atoms with van der Waals surface area (Å²) in [6.07, 6.45) is -62.5. The molecule has 38 heteroatoms. The molecule has 30 atom stereocenters. The average Bonchev–Trinajstić information content (AvgIpc) is 0.986. The second-order valence-electron chi connectivity index (χ2n) is 21.5. The van der Waals surface area contributed by atoms with Crippen molar-refractivity contribution in [2.75, 3.05) is 39.5 Å². The fourth-order valence-electron chi connectivity index (χ4n) is 11.0. The molecule has 22 saturated heterocycles. The van der Waals surface area contributed by atoms with Crippen LogP contribution in [0.15, 0.2) is 48.5 Å². The van der Waals surface area contributed by atoms with Crippen molar-refractivity contribution in [1.29, 1.82) is 0 Å². The molecule has 2 aromatic rings. The number of rotatable bonds is 12. The number of nitrogens with one attached hydrogen (secondary N) is 2. The summed E-state index contributed by atoms with van der Waals surface area (Å²) in [6, 6.07) is 8.36. The van der Waals surface area contributed by atoms with Gasteiger partial charge < -0.3 is 149 Å². The standard InChI is InChI=1S/C50H68N4O34/c55-11-21-39-28(62)34(68)48(80-21)87-41-23(13-57)82-50(36(70)30(41)64)88-42-24(14-58)81-49(35(69)29(42)63)86-40-22(12-56)79-47(33(67)27(40)61)84-38-20(10-52-44(72)16-3-7-18(8-4-16)54(75)76)77-45(31(65)25(38)59)83-37-19(78-46(85-39)32(66)26(37)60)9-51-43(71)15-1-5-17(6-2-15)53(73)74/h1-8,19-42,45-50,55-70H,9-14H2,(H,51,71)(H,52,72)/t19-,20-,21-,22-,23-,24-,25-,26-,27-,28-,29-,30-,31-,32-,33-,34-,35-,36-,37-,38-,39-,40-,41-,42-,45-,46-,47-,48-,49-,50-/m1/s1. The number of non-ortho nitro benzene ring substituents is 2. The zero-order valence-corrected chi connectivity index (χ0v) is 45.6. The molecule has 2 aromatic carbocycles. The minimum Gasteiger partial charge on any atom is -0.394 e. The Morgan fingerprint density at radius 1 is 0.330 bits per heavy atom. The molecule has 0 unspecified atom stereocenters. The van der Waals surface area contributed by atoms with Crippen LogP contribution in [0.2, 0.25) is 0 Å². The van der Waals surface area contributed by atoms with Crippen molar-refractivity contribution in [2.24, 2.45) is 0 Å². The van der Waals surface area contributed by atoms with E-state index in [-0.39, 0.29) is 22.5 Å². The summed E-state index contributed by atoms with van der Waals surface area (Å²) in [7, 11) is 0. The van der Waals surface area contributed by atoms with Gasteiger partial charge in [-0.25, -0.2) is 0 Å². The number of nitro groups is 2. The molecule has 2 amide bonds. The molecule has 88 heavy (non-hydrogen) atoms. The SMILES string of the molecule is O=C(NC[C@H]1O[C@@H]2O[C@H]3[C@H](O)[C@@H](O)[C@@H](O[C@H]4[C@H](O)[C@@H](O)[C@@H](O[C@H]5[C@H](O)[C@@H](O)[C@@H](O[C@H]6[C@H](O)[C@@H](O)[C@@H](O[C@H]7[C@H](O)[C@@H](O)[C@@H](O[C@H]1[C@H](O)[C@H]2O)O[C@@H]7CO)O[C@@H]6CO)O[C@@H]5CO)O[C@@H]4CO)O[C@@H]3CNC(=O)c1ccc([N+](=O)[O-])cc1)c1ccc([N+](=O)[O-])cc1. The van der Waals surface area contributed by atoms with Crippen molar-refractivity contribution in [3.05, 3.63) is 79.9 Å². The minimum atomic E-state index is -2.35. The highest BCUT2D eigenvalue weighted by Crippen LogP contribution is 2.38. The molecule has 0 aromatic heterocycles. The average molecular weight is 1270 g/mol. The number of ether oxygens (including phenoxy) is 12. The predicted molar refractivity (Wildman–Crippen MR) is 272 cm³/mol. The van der Waals surface area contributed by atoms with E-state index in [1.807, 2.05) is 0 Å². The van der Waals surface area contributed by atoms with E-state index in [0.29, 0.717) is 0 Å². The van der Waals surface area contributed by atoms with Crippen LogP contribution < -0.4 is 10.6 Å². The topological polar surface area (TPSA) is 579 Å². The van der Waals surface area contributed by atoms with E-state index in [1.165, 1.54) is 0 Å². The number of nitro benzene ring substituents is 2. The minimum absolute atomic E-state index is 0.164. The van der Waals surface area contributed by atoms with Gasteiger partial charge in [0, 0.05) is 48.5 Å². The van der Waals surface area contributed by atoms with Gasteiger partial charge in [0.1, 0.15) is 146 Å². The fraction of sp³-hybridized carbons (Fsp3) is 0.720. The number of amides is 2. The van der Waals surface area contributed by atoms with Crippen LogP contribution >= 0.6 is 0 Å². The Hall–Kier alpha value is -4.94. The van der Waals surface area contributed by atoms with Crippen LogP contribution in [0.3, 0.4) is 0 Å². The van der Waals surface area contributed by atoms with Crippen molar-refractivity contribution < 1.29 is 158 Å². The number of hydrogen-bond donors (Lipinski definition) is 18. The lowest BCUT2D eigenvalue weighted by atomic mass is 9.94. The van der Waals surface area contributed by atoms with E-state index >= 15 is 0 Å². The second kappa shape index (κ2) is 28.7. The van der Waals surface area contributed by atoms with Crippen LogP contribution in [0.1, 0.15) is 20.7 Å². The van der Waals surface area contributed by atoms with Crippen LogP contribution in [0.25, 0.3) is 0 Å². The van der Waals surface area contributed by atoms with Crippen LogP contribution in [-0.4, -0.2) is 327 Å². The smallest absolute Gasteiger partial charge is 0.269 e. The van der Waals surface area contributed by atoms with Crippen LogP contribution in [-0.2, 0) is 56.8 Å². The van der Waals surface area contributed by atoms with E-state index in [4.69, 9.17) is 56.8 Å². The highest BCUT2D eigenvalue weighted by atomic mass is 16.8. The molecule has 0 aliphatic carbocycles. The van der Waals surface area contributed by atoms with Crippen molar-refractivity contribution >= 4 is 23.2 Å². The molecule has 24 rings (SSSR count). The summed E-state index contributed by atoms with van der Waals surface area (Å²) < 4.78 is 70.2. The molecule has 22 heterocycles.